The monoisotopic (exact) mass is 97.1 g/mol. The molecule has 0 bridgehead atoms. The van der Waals surface area contributed by atoms with Gasteiger partial charge in [-0.3, -0.25) is 0 Å². The third-order valence-corrected chi connectivity index (χ3v) is 1.33. The Hall–Kier alpha value is 0.0649. The highest BCUT2D eigenvalue weighted by atomic mass is 14.0. The highest BCUT2D eigenvalue weighted by Crippen LogP contribution is 2.05. The lowest BCUT2D eigenvalue weighted by Crippen LogP contribution is -1.95. The van der Waals surface area contributed by atoms with Gasteiger partial charge < -0.3 is 0 Å². The second kappa shape index (κ2) is 4.23. The molecule has 0 aromatic rings. The molecule has 0 aliphatic carbocycles. The van der Waals surface area contributed by atoms with Gasteiger partial charge >= 0.3 is 0 Å². The van der Waals surface area contributed by atoms with Crippen molar-refractivity contribution in [2.45, 2.75) is 27.7 Å². The molecule has 0 amide bonds. The van der Waals surface area contributed by atoms with Crippen LogP contribution in [-0.2, 0) is 0 Å². The summed E-state index contributed by atoms with van der Waals surface area (Å²) in [6.07, 6.45) is 0. The lowest BCUT2D eigenvalue weighted by Gasteiger charge is -2.05. The summed E-state index contributed by atoms with van der Waals surface area (Å²) < 4.78 is 0. The molecule has 0 rings (SSSR count). The molecular weight excluding hydrogens is 82.9 g/mol. The number of rotatable bonds is 1. The predicted molar refractivity (Wildman–Crippen MR) is 35.4 cm³/mol. The molecule has 0 atom stereocenters. The van der Waals surface area contributed by atoms with Crippen molar-refractivity contribution >= 4 is 8.41 Å². The summed E-state index contributed by atoms with van der Waals surface area (Å²) in [5.41, 5.74) is 0. The first kappa shape index (κ1) is 10.1. The first-order valence-corrected chi connectivity index (χ1v) is 2.64. The highest BCUT2D eigenvalue weighted by Gasteiger charge is 1.95. The van der Waals surface area contributed by atoms with Gasteiger partial charge in [0, 0.05) is 8.41 Å². The van der Waals surface area contributed by atoms with Gasteiger partial charge in [0.15, 0.2) is 0 Å². The van der Waals surface area contributed by atoms with Gasteiger partial charge in [-0.2, -0.15) is 0 Å². The van der Waals surface area contributed by atoms with Crippen molar-refractivity contribution in [1.82, 2.24) is 0 Å². The van der Waals surface area contributed by atoms with Gasteiger partial charge in [0.25, 0.3) is 0 Å². The van der Waals surface area contributed by atoms with E-state index < -0.39 is 0 Å². The molecule has 0 spiro atoms. The van der Waals surface area contributed by atoms with Crippen molar-refractivity contribution < 1.29 is 0 Å². The summed E-state index contributed by atoms with van der Waals surface area (Å²) in [7, 11) is 0. The van der Waals surface area contributed by atoms with E-state index in [2.05, 4.69) is 27.7 Å². The van der Waals surface area contributed by atoms with E-state index in [9.17, 15) is 0 Å². The van der Waals surface area contributed by atoms with E-state index in [4.69, 9.17) is 0 Å². The molecule has 0 fully saturated rings. The Morgan fingerprint density at radius 3 is 0.857 bits per heavy atom. The van der Waals surface area contributed by atoms with E-state index in [1.54, 1.807) is 0 Å². The zero-order valence-corrected chi connectivity index (χ0v) is 5.73. The summed E-state index contributed by atoms with van der Waals surface area (Å²) in [6, 6.07) is 0. The van der Waals surface area contributed by atoms with E-state index in [1.807, 2.05) is 0 Å². The first-order valence-electron chi connectivity index (χ1n) is 2.64. The van der Waals surface area contributed by atoms with Gasteiger partial charge in [-0.15, -0.1) is 0 Å². The molecule has 0 nitrogen and oxygen atoms in total. The largest absolute Gasteiger partial charge is 0.0625 e. The first-order chi connectivity index (χ1) is 2.64. The van der Waals surface area contributed by atoms with Crippen LogP contribution < -0.4 is 0 Å². The molecule has 3 radical (unpaired) electrons. The second-order valence-electron chi connectivity index (χ2n) is 2.49. The fraction of sp³-hybridized carbons (Fsp3) is 1.00. The Bertz CT molecular complexity index is 25.2. The minimum absolute atomic E-state index is 0. The average molecular weight is 97.0 g/mol. The molecule has 0 heterocycles. The van der Waals surface area contributed by atoms with Crippen LogP contribution >= 0.6 is 0 Å². The molecule has 0 N–H and O–H groups in total. The van der Waals surface area contributed by atoms with Gasteiger partial charge in [-0.1, -0.05) is 27.7 Å². The van der Waals surface area contributed by atoms with Crippen LogP contribution in [0.4, 0.5) is 0 Å². The predicted octanol–water partition coefficient (Wildman–Crippen LogP) is 1.92. The van der Waals surface area contributed by atoms with Gasteiger partial charge in [0.2, 0.25) is 0 Å². The molecule has 0 aliphatic heterocycles. The maximum absolute atomic E-state index is 2.24. The third kappa shape index (κ3) is 6.06. The SMILES string of the molecule is CC(C)C(C)C.[B]. The van der Waals surface area contributed by atoms with Crippen molar-refractivity contribution in [3.63, 3.8) is 0 Å². The fourth-order valence-electron chi connectivity index (χ4n) is 0. The van der Waals surface area contributed by atoms with Crippen molar-refractivity contribution in [2.24, 2.45) is 11.8 Å². The summed E-state index contributed by atoms with van der Waals surface area (Å²) >= 11 is 0. The number of hydrogen-bond donors (Lipinski definition) is 0. The lowest BCUT2D eigenvalue weighted by atomic mass is 10.0. The van der Waals surface area contributed by atoms with Gasteiger partial charge in [-0.25, -0.2) is 0 Å². The van der Waals surface area contributed by atoms with Crippen molar-refractivity contribution in [1.29, 1.82) is 0 Å². The Balaban J connectivity index is 0. The summed E-state index contributed by atoms with van der Waals surface area (Å²) in [4.78, 5) is 0. The maximum atomic E-state index is 2.24. The molecule has 0 aliphatic rings. The van der Waals surface area contributed by atoms with Crippen LogP contribution in [0.1, 0.15) is 27.7 Å². The van der Waals surface area contributed by atoms with Crippen LogP contribution in [0.5, 0.6) is 0 Å². The van der Waals surface area contributed by atoms with Crippen LogP contribution in [0.3, 0.4) is 0 Å². The summed E-state index contributed by atoms with van der Waals surface area (Å²) in [5, 5.41) is 0. The van der Waals surface area contributed by atoms with Crippen LogP contribution in [0, 0.1) is 11.8 Å². The minimum Gasteiger partial charge on any atom is -0.0625 e. The molecule has 7 heavy (non-hydrogen) atoms. The van der Waals surface area contributed by atoms with Crippen molar-refractivity contribution in [2.75, 3.05) is 0 Å². The van der Waals surface area contributed by atoms with Crippen LogP contribution in [-0.4, -0.2) is 8.41 Å². The van der Waals surface area contributed by atoms with E-state index in [0.717, 1.165) is 11.8 Å². The van der Waals surface area contributed by atoms with E-state index in [0.29, 0.717) is 0 Å². The Labute approximate surface area is 48.9 Å². The minimum atomic E-state index is 0. The maximum Gasteiger partial charge on any atom is 0 e. The standard InChI is InChI=1S/C6H14.B/c1-5(2)6(3)4;/h5-6H,1-4H3;. The molecule has 0 saturated heterocycles. The van der Waals surface area contributed by atoms with Crippen LogP contribution in [0.15, 0.2) is 0 Å². The van der Waals surface area contributed by atoms with Crippen LogP contribution in [0.2, 0.25) is 0 Å². The Morgan fingerprint density at radius 1 is 0.714 bits per heavy atom. The highest BCUT2D eigenvalue weighted by molar-refractivity contribution is 5.75. The van der Waals surface area contributed by atoms with Gasteiger partial charge in [-0.05, 0) is 11.8 Å². The second-order valence-corrected chi connectivity index (χ2v) is 2.49. The lowest BCUT2D eigenvalue weighted by molar-refractivity contribution is 0.457. The van der Waals surface area contributed by atoms with Crippen LogP contribution in [0.25, 0.3) is 0 Å². The van der Waals surface area contributed by atoms with Crippen molar-refractivity contribution in [3.05, 3.63) is 0 Å². The van der Waals surface area contributed by atoms with Gasteiger partial charge in [0.1, 0.15) is 0 Å². The molecule has 0 aromatic heterocycles. The number of hydrogen-bond acceptors (Lipinski definition) is 0. The molecule has 0 unspecified atom stereocenters. The molecule has 0 aromatic carbocycles. The third-order valence-electron chi connectivity index (χ3n) is 1.33. The summed E-state index contributed by atoms with van der Waals surface area (Å²) in [6.45, 7) is 8.96. The summed E-state index contributed by atoms with van der Waals surface area (Å²) in [5.74, 6) is 1.70. The normalized spacial score (nSPS) is 9.43. The topological polar surface area (TPSA) is 0 Å². The Kier molecular flexibility index (Phi) is 6.12. The smallest absolute Gasteiger partial charge is 0 e. The zero-order chi connectivity index (χ0) is 5.15. The Morgan fingerprint density at radius 2 is 0.857 bits per heavy atom. The zero-order valence-electron chi connectivity index (χ0n) is 5.73. The van der Waals surface area contributed by atoms with Crippen molar-refractivity contribution in [3.8, 4) is 0 Å². The van der Waals surface area contributed by atoms with E-state index in [1.165, 1.54) is 0 Å². The molecule has 0 saturated carbocycles. The molecule has 41 valence electrons. The average Bonchev–Trinajstić information content (AvgIpc) is 1.36. The molecular formula is C6H14B. The fourth-order valence-corrected chi connectivity index (χ4v) is 0. The van der Waals surface area contributed by atoms with E-state index in [-0.39, 0.29) is 8.41 Å². The molecule has 1 heteroatoms. The van der Waals surface area contributed by atoms with Gasteiger partial charge in [0.05, 0.1) is 0 Å². The quantitative estimate of drug-likeness (QED) is 0.438. The van der Waals surface area contributed by atoms with E-state index >= 15 is 0 Å².